The van der Waals surface area contributed by atoms with Crippen LogP contribution in [0, 0.1) is 5.82 Å². The number of carbonyl (C=O) groups is 1. The number of anilines is 4. The molecule has 3 fully saturated rings. The van der Waals surface area contributed by atoms with Crippen LogP contribution in [0.2, 0.25) is 5.02 Å². The summed E-state index contributed by atoms with van der Waals surface area (Å²) in [5.41, 5.74) is 3.69. The first-order valence-corrected chi connectivity index (χ1v) is 25.8. The zero-order valence-corrected chi connectivity index (χ0v) is 42.1. The molecule has 4 aromatic carbocycles. The molecule has 3 aliphatic rings. The van der Waals surface area contributed by atoms with Crippen molar-refractivity contribution in [1.29, 1.82) is 0 Å². The maximum atomic E-state index is 17.0. The van der Waals surface area contributed by atoms with Gasteiger partial charge in [-0.15, -0.1) is 0 Å². The highest BCUT2D eigenvalue weighted by Gasteiger charge is 2.29. The Bertz CT molecular complexity index is 3090. The fourth-order valence-electron chi connectivity index (χ4n) is 10.2. The number of benzene rings is 4. The number of unbranched alkanes of at least 4 members (excludes halogenated alkanes) is 5. The van der Waals surface area contributed by atoms with Gasteiger partial charge < -0.3 is 44.8 Å². The highest BCUT2D eigenvalue weighted by molar-refractivity contribution is 6.35. The summed E-state index contributed by atoms with van der Waals surface area (Å²) in [6.45, 7) is 12.5. The smallest absolute Gasteiger partial charge is 0.251 e. The number of piperazine rings is 1. The van der Waals surface area contributed by atoms with Crippen molar-refractivity contribution < 1.29 is 23.8 Å². The number of halogens is 2. The lowest BCUT2D eigenvalue weighted by atomic mass is 9.96. The lowest BCUT2D eigenvalue weighted by Crippen LogP contribution is -2.46. The first kappa shape index (κ1) is 49.1. The van der Waals surface area contributed by atoms with Gasteiger partial charge >= 0.3 is 0 Å². The number of nitrogens with zero attached hydrogens (tertiary/aromatic N) is 9. The fourth-order valence-corrected chi connectivity index (χ4v) is 10.5. The summed E-state index contributed by atoms with van der Waals surface area (Å²) in [5.74, 6) is 2.00. The molecule has 2 atom stereocenters. The van der Waals surface area contributed by atoms with E-state index in [1.807, 2.05) is 72.6 Å². The van der Waals surface area contributed by atoms with Crippen LogP contribution in [0.15, 0.2) is 78.9 Å². The largest absolute Gasteiger partial charge is 0.508 e. The molecule has 1 amide bonds. The second-order valence-corrected chi connectivity index (χ2v) is 19.7. The molecular weight excluding hydrogens is 933 g/mol. The highest BCUT2D eigenvalue weighted by atomic mass is 35.5. The van der Waals surface area contributed by atoms with E-state index in [1.165, 1.54) is 0 Å². The maximum absolute atomic E-state index is 17.0. The van der Waals surface area contributed by atoms with Gasteiger partial charge in [0.15, 0.2) is 11.5 Å². The van der Waals surface area contributed by atoms with Gasteiger partial charge in [0.1, 0.15) is 22.9 Å². The van der Waals surface area contributed by atoms with Crippen LogP contribution in [0.3, 0.4) is 0 Å². The molecular formula is C55H63ClFN11O4. The molecule has 3 saturated heterocycles. The Labute approximate surface area is 424 Å². The second kappa shape index (κ2) is 22.1. The zero-order chi connectivity index (χ0) is 49.7. The number of morpholine rings is 2. The minimum Gasteiger partial charge on any atom is -0.508 e. The average Bonchev–Trinajstić information content (AvgIpc) is 3.40. The van der Waals surface area contributed by atoms with Gasteiger partial charge in [0.25, 0.3) is 5.91 Å². The predicted octanol–water partition coefficient (Wildman–Crippen LogP) is 9.02. The van der Waals surface area contributed by atoms with Crippen molar-refractivity contribution >= 4 is 73.7 Å². The van der Waals surface area contributed by atoms with Gasteiger partial charge in [0.2, 0.25) is 11.9 Å². The highest BCUT2D eigenvalue weighted by Crippen LogP contribution is 2.43. The number of hydrogen-bond acceptors (Lipinski definition) is 14. The Morgan fingerprint density at radius 2 is 1.54 bits per heavy atom. The first-order chi connectivity index (χ1) is 35.1. The van der Waals surface area contributed by atoms with E-state index in [2.05, 4.69) is 39.2 Å². The molecule has 0 saturated carbocycles. The average molecular weight is 997 g/mol. The monoisotopic (exact) mass is 995 g/mol. The molecule has 0 spiro atoms. The van der Waals surface area contributed by atoms with E-state index in [9.17, 15) is 9.90 Å². The summed E-state index contributed by atoms with van der Waals surface area (Å²) in [6, 6.07) is 24.5. The summed E-state index contributed by atoms with van der Waals surface area (Å²) in [6.07, 6.45) is 5.89. The Kier molecular flexibility index (Phi) is 15.1. The zero-order valence-electron chi connectivity index (χ0n) is 41.3. The number of amides is 1. The Balaban J connectivity index is 0.741. The SMILES string of the molecule is C[C@@H]1COCCN1c1nc(N2CCOC[C@H]2C)c2ccc(-c3cccc(C(=O)NCCCCCCCCN(C)c4nc(N5CCNCC5)c5cc(Cl)c(-c6cc(O)cc7ccccc67)c(F)c5n4)c3)nc2n1. The van der Waals surface area contributed by atoms with Crippen LogP contribution in [0.25, 0.3) is 55.1 Å². The minimum absolute atomic E-state index is 0.0306. The number of ether oxygens (including phenoxy) is 2. The van der Waals surface area contributed by atoms with Crippen molar-refractivity contribution in [3.63, 3.8) is 0 Å². The van der Waals surface area contributed by atoms with Crippen LogP contribution in [-0.4, -0.2) is 134 Å². The number of pyridine rings is 1. The normalized spacial score (nSPS) is 17.5. The number of hydrogen-bond donors (Lipinski definition) is 3. The molecule has 17 heteroatoms. The van der Waals surface area contributed by atoms with Crippen molar-refractivity contribution in [2.24, 2.45) is 0 Å². The quantitative estimate of drug-likeness (QED) is 0.0788. The van der Waals surface area contributed by atoms with Gasteiger partial charge in [-0.3, -0.25) is 4.79 Å². The lowest BCUT2D eigenvalue weighted by molar-refractivity contribution is 0.0952. The Morgan fingerprint density at radius 3 is 2.33 bits per heavy atom. The van der Waals surface area contributed by atoms with Crippen LogP contribution in [0.5, 0.6) is 5.75 Å². The molecule has 3 aromatic heterocycles. The molecule has 7 aromatic rings. The van der Waals surface area contributed by atoms with Crippen LogP contribution < -0.4 is 30.2 Å². The summed E-state index contributed by atoms with van der Waals surface area (Å²) in [4.78, 5) is 47.1. The third-order valence-electron chi connectivity index (χ3n) is 14.1. The van der Waals surface area contributed by atoms with Crippen LogP contribution >= 0.6 is 11.6 Å². The van der Waals surface area contributed by atoms with Gasteiger partial charge in [-0.05, 0) is 85.5 Å². The predicted molar refractivity (Wildman–Crippen MR) is 286 cm³/mol. The molecule has 0 bridgehead atoms. The van der Waals surface area contributed by atoms with Crippen LogP contribution in [-0.2, 0) is 9.47 Å². The van der Waals surface area contributed by atoms with Crippen molar-refractivity contribution in [3.05, 3.63) is 95.3 Å². The molecule has 0 unspecified atom stereocenters. The number of aromatic nitrogens is 5. The summed E-state index contributed by atoms with van der Waals surface area (Å²) < 4.78 is 28.5. The number of phenols is 1. The molecule has 3 N–H and O–H groups in total. The molecule has 72 heavy (non-hydrogen) atoms. The Hall–Kier alpha value is -6.46. The topological polar surface area (TPSA) is 157 Å². The number of fused-ring (bicyclic) bond motifs is 3. The van der Waals surface area contributed by atoms with Crippen molar-refractivity contribution in [2.75, 3.05) is 105 Å². The van der Waals surface area contributed by atoms with E-state index in [0.717, 1.165) is 104 Å². The minimum atomic E-state index is -0.540. The molecule has 10 rings (SSSR count). The second-order valence-electron chi connectivity index (χ2n) is 19.3. The van der Waals surface area contributed by atoms with E-state index in [1.54, 1.807) is 18.2 Å². The number of phenolic OH excluding ortho intramolecular Hbond substituents is 1. The molecule has 376 valence electrons. The van der Waals surface area contributed by atoms with Crippen LogP contribution in [0.1, 0.15) is 62.7 Å². The van der Waals surface area contributed by atoms with Gasteiger partial charge in [0, 0.05) is 81.5 Å². The third-order valence-corrected chi connectivity index (χ3v) is 14.4. The first-order valence-electron chi connectivity index (χ1n) is 25.5. The fraction of sp³-hybridized carbons (Fsp3) is 0.418. The molecule has 6 heterocycles. The van der Waals surface area contributed by atoms with Crippen molar-refractivity contribution in [2.45, 2.75) is 64.5 Å². The molecule has 0 radical (unpaired) electrons. The summed E-state index contributed by atoms with van der Waals surface area (Å²) in [7, 11) is 1.96. The van der Waals surface area contributed by atoms with Gasteiger partial charge in [-0.1, -0.05) is 73.7 Å². The Morgan fingerprint density at radius 1 is 0.792 bits per heavy atom. The molecule has 3 aliphatic heterocycles. The van der Waals surface area contributed by atoms with E-state index in [0.29, 0.717) is 85.9 Å². The van der Waals surface area contributed by atoms with Crippen molar-refractivity contribution in [3.8, 4) is 28.1 Å². The number of carbonyl (C=O) groups excluding carboxylic acids is 1. The number of rotatable bonds is 16. The maximum Gasteiger partial charge on any atom is 0.251 e. The third kappa shape index (κ3) is 10.5. The van der Waals surface area contributed by atoms with Gasteiger partial charge in [-0.2, -0.15) is 15.0 Å². The molecule has 15 nitrogen and oxygen atoms in total. The standard InChI is InChI=1S/C55H63ClFN11O4/c1-35-33-71-27-25-67(35)52-42-17-18-46(60-50(42)62-55(64-52)68-26-28-72-34-36(68)2)38-14-12-15-39(29-38)53(70)59-19-10-6-4-5-7-11-22-65(3)54-61-49-44(51(63-54)66-23-20-58-21-24-66)32-45(56)47(48(49)57)43-31-40(69)30-37-13-8-9-16-41(37)43/h8-9,12-18,29-32,35-36,58,69H,4-7,10-11,19-28,33-34H2,1-3H3,(H,59,70)/t35-,36-/m1/s1. The number of nitrogens with one attached hydrogen (secondary N) is 2. The van der Waals surface area contributed by atoms with E-state index in [-0.39, 0.29) is 39.8 Å². The summed E-state index contributed by atoms with van der Waals surface area (Å²) >= 11 is 6.92. The number of aromatic hydroxyl groups is 1. The van der Waals surface area contributed by atoms with E-state index >= 15 is 4.39 Å². The summed E-state index contributed by atoms with van der Waals surface area (Å²) in [5, 5.41) is 20.4. The van der Waals surface area contributed by atoms with Crippen molar-refractivity contribution in [1.82, 2.24) is 35.6 Å². The van der Waals surface area contributed by atoms with E-state index in [4.69, 9.17) is 46.0 Å². The van der Waals surface area contributed by atoms with Crippen LogP contribution in [0.4, 0.5) is 27.9 Å². The van der Waals surface area contributed by atoms with Gasteiger partial charge in [-0.25, -0.2) is 14.4 Å². The van der Waals surface area contributed by atoms with Gasteiger partial charge in [0.05, 0.1) is 54.6 Å². The lowest BCUT2D eigenvalue weighted by Gasteiger charge is -2.37. The van der Waals surface area contributed by atoms with E-state index < -0.39 is 5.82 Å². The molecule has 0 aliphatic carbocycles.